The zero-order valence-corrected chi connectivity index (χ0v) is 12.7. The molecule has 0 aliphatic heterocycles. The van der Waals surface area contributed by atoms with E-state index < -0.39 is 11.8 Å². The van der Waals surface area contributed by atoms with Crippen LogP contribution in [-0.2, 0) is 4.79 Å². The van der Waals surface area contributed by atoms with Crippen molar-refractivity contribution in [2.75, 3.05) is 0 Å². The van der Waals surface area contributed by atoms with Crippen LogP contribution in [0.3, 0.4) is 0 Å². The SMILES string of the molecule is Cc1cc(Br)ccc1Oc1cc(F)cc(/C=C/C(=O)O)c1. The van der Waals surface area contributed by atoms with Crippen LogP contribution in [-0.4, -0.2) is 11.1 Å². The van der Waals surface area contributed by atoms with Crippen LogP contribution in [0, 0.1) is 12.7 Å². The highest BCUT2D eigenvalue weighted by molar-refractivity contribution is 9.10. The Morgan fingerprint density at radius 2 is 2.05 bits per heavy atom. The van der Waals surface area contributed by atoms with Gasteiger partial charge in [0.05, 0.1) is 0 Å². The fraction of sp³-hybridized carbons (Fsp3) is 0.0625. The first-order chi connectivity index (χ1) is 9.94. The van der Waals surface area contributed by atoms with Crippen LogP contribution in [0.5, 0.6) is 11.5 Å². The topological polar surface area (TPSA) is 46.5 Å². The lowest BCUT2D eigenvalue weighted by Gasteiger charge is -2.10. The van der Waals surface area contributed by atoms with Gasteiger partial charge in [0, 0.05) is 16.6 Å². The van der Waals surface area contributed by atoms with Crippen LogP contribution in [0.2, 0.25) is 0 Å². The Hall–Kier alpha value is -2.14. The molecule has 0 atom stereocenters. The molecule has 108 valence electrons. The van der Waals surface area contributed by atoms with Gasteiger partial charge in [-0.05, 0) is 54.5 Å². The quantitative estimate of drug-likeness (QED) is 0.806. The monoisotopic (exact) mass is 350 g/mol. The maximum Gasteiger partial charge on any atom is 0.328 e. The van der Waals surface area contributed by atoms with Crippen molar-refractivity contribution in [1.29, 1.82) is 0 Å². The summed E-state index contributed by atoms with van der Waals surface area (Å²) in [6.07, 6.45) is 2.26. The zero-order valence-electron chi connectivity index (χ0n) is 11.1. The van der Waals surface area contributed by atoms with Crippen LogP contribution >= 0.6 is 15.9 Å². The molecule has 2 aromatic carbocycles. The number of halogens is 2. The van der Waals surface area contributed by atoms with Crippen LogP contribution in [0.1, 0.15) is 11.1 Å². The summed E-state index contributed by atoms with van der Waals surface area (Å²) in [6.45, 7) is 1.88. The molecule has 0 unspecified atom stereocenters. The van der Waals surface area contributed by atoms with E-state index in [9.17, 15) is 9.18 Å². The van der Waals surface area contributed by atoms with E-state index in [1.807, 2.05) is 19.1 Å². The van der Waals surface area contributed by atoms with Gasteiger partial charge in [-0.2, -0.15) is 0 Å². The number of aliphatic carboxylic acids is 1. The molecular formula is C16H12BrFO3. The third-order valence-electron chi connectivity index (χ3n) is 2.68. The van der Waals surface area contributed by atoms with E-state index in [4.69, 9.17) is 9.84 Å². The van der Waals surface area contributed by atoms with Crippen LogP contribution in [0.25, 0.3) is 6.08 Å². The highest BCUT2D eigenvalue weighted by Crippen LogP contribution is 2.28. The Balaban J connectivity index is 2.29. The van der Waals surface area contributed by atoms with Crippen molar-refractivity contribution in [3.8, 4) is 11.5 Å². The molecule has 0 saturated carbocycles. The summed E-state index contributed by atoms with van der Waals surface area (Å²) < 4.78 is 20.1. The Bertz CT molecular complexity index is 711. The van der Waals surface area contributed by atoms with Gasteiger partial charge in [0.1, 0.15) is 17.3 Å². The second-order valence-corrected chi connectivity index (χ2v) is 5.32. The molecule has 0 heterocycles. The molecule has 5 heteroatoms. The van der Waals surface area contributed by atoms with Crippen molar-refractivity contribution < 1.29 is 19.0 Å². The lowest BCUT2D eigenvalue weighted by Crippen LogP contribution is -1.90. The molecule has 0 radical (unpaired) electrons. The molecule has 0 fully saturated rings. The van der Waals surface area contributed by atoms with Gasteiger partial charge < -0.3 is 9.84 Å². The lowest BCUT2D eigenvalue weighted by molar-refractivity contribution is -0.131. The lowest BCUT2D eigenvalue weighted by atomic mass is 10.2. The molecule has 2 rings (SSSR count). The van der Waals surface area contributed by atoms with Crippen molar-refractivity contribution in [3.05, 3.63) is 63.9 Å². The fourth-order valence-electron chi connectivity index (χ4n) is 1.76. The molecule has 1 N–H and O–H groups in total. The summed E-state index contributed by atoms with van der Waals surface area (Å²) in [5.41, 5.74) is 1.32. The Labute approximate surface area is 129 Å². The predicted octanol–water partition coefficient (Wildman–Crippen LogP) is 4.79. The summed E-state index contributed by atoms with van der Waals surface area (Å²) in [6, 6.07) is 9.55. The fourth-order valence-corrected chi connectivity index (χ4v) is 2.24. The molecule has 0 spiro atoms. The minimum absolute atomic E-state index is 0.311. The van der Waals surface area contributed by atoms with E-state index in [1.54, 1.807) is 12.1 Å². The second-order valence-electron chi connectivity index (χ2n) is 4.40. The molecule has 0 aliphatic rings. The van der Waals surface area contributed by atoms with Gasteiger partial charge in [-0.3, -0.25) is 0 Å². The summed E-state index contributed by atoms with van der Waals surface area (Å²) in [5.74, 6) is -0.666. The van der Waals surface area contributed by atoms with Crippen molar-refractivity contribution >= 4 is 28.0 Å². The van der Waals surface area contributed by atoms with E-state index in [2.05, 4.69) is 15.9 Å². The van der Waals surface area contributed by atoms with Crippen LogP contribution in [0.15, 0.2) is 46.9 Å². The minimum atomic E-state index is -1.09. The van der Waals surface area contributed by atoms with E-state index in [-0.39, 0.29) is 0 Å². The van der Waals surface area contributed by atoms with Gasteiger partial charge in [-0.15, -0.1) is 0 Å². The van der Waals surface area contributed by atoms with Gasteiger partial charge in [-0.25, -0.2) is 9.18 Å². The number of rotatable bonds is 4. The summed E-state index contributed by atoms with van der Waals surface area (Å²) in [7, 11) is 0. The maximum absolute atomic E-state index is 13.6. The molecule has 0 bridgehead atoms. The summed E-state index contributed by atoms with van der Waals surface area (Å²) >= 11 is 3.36. The van der Waals surface area contributed by atoms with Gasteiger partial charge in [-0.1, -0.05) is 15.9 Å². The average molecular weight is 351 g/mol. The van der Waals surface area contributed by atoms with Crippen molar-refractivity contribution in [2.24, 2.45) is 0 Å². The van der Waals surface area contributed by atoms with Gasteiger partial charge >= 0.3 is 5.97 Å². The zero-order chi connectivity index (χ0) is 15.4. The molecule has 21 heavy (non-hydrogen) atoms. The standard InChI is InChI=1S/C16H12BrFO3/c1-10-6-12(17)3-4-15(10)21-14-8-11(2-5-16(19)20)7-13(18)9-14/h2-9H,1H3,(H,19,20)/b5-2+. The molecule has 2 aromatic rings. The van der Waals surface area contributed by atoms with Crippen molar-refractivity contribution in [2.45, 2.75) is 6.92 Å². The van der Waals surface area contributed by atoms with Crippen LogP contribution in [0.4, 0.5) is 4.39 Å². The van der Waals surface area contributed by atoms with Crippen molar-refractivity contribution in [3.63, 3.8) is 0 Å². The highest BCUT2D eigenvalue weighted by atomic mass is 79.9. The number of hydrogen-bond acceptors (Lipinski definition) is 2. The van der Waals surface area contributed by atoms with Crippen molar-refractivity contribution in [1.82, 2.24) is 0 Å². The predicted molar refractivity (Wildman–Crippen MR) is 82.0 cm³/mol. The highest BCUT2D eigenvalue weighted by Gasteiger charge is 2.05. The van der Waals surface area contributed by atoms with Gasteiger partial charge in [0.2, 0.25) is 0 Å². The number of carboxylic acids is 1. The molecule has 0 amide bonds. The smallest absolute Gasteiger partial charge is 0.328 e. The third kappa shape index (κ3) is 4.43. The number of hydrogen-bond donors (Lipinski definition) is 1. The van der Waals surface area contributed by atoms with E-state index in [1.165, 1.54) is 18.2 Å². The van der Waals surface area contributed by atoms with Crippen LogP contribution < -0.4 is 4.74 Å². The number of carbonyl (C=O) groups is 1. The van der Waals surface area contributed by atoms with Gasteiger partial charge in [0.25, 0.3) is 0 Å². The molecule has 0 saturated heterocycles. The first-order valence-electron chi connectivity index (χ1n) is 6.09. The molecule has 0 aliphatic carbocycles. The molecule has 0 aromatic heterocycles. The Morgan fingerprint density at radius 3 is 2.71 bits per heavy atom. The second kappa shape index (κ2) is 6.54. The first kappa shape index (κ1) is 15.3. The Morgan fingerprint density at radius 1 is 1.29 bits per heavy atom. The average Bonchev–Trinajstić information content (AvgIpc) is 2.39. The number of benzene rings is 2. The van der Waals surface area contributed by atoms with E-state index >= 15 is 0 Å². The largest absolute Gasteiger partial charge is 0.478 e. The minimum Gasteiger partial charge on any atom is -0.478 e. The molecule has 3 nitrogen and oxygen atoms in total. The summed E-state index contributed by atoms with van der Waals surface area (Å²) in [5, 5.41) is 8.59. The summed E-state index contributed by atoms with van der Waals surface area (Å²) in [4.78, 5) is 10.5. The normalized spacial score (nSPS) is 10.8. The number of aryl methyl sites for hydroxylation is 1. The number of ether oxygens (including phenoxy) is 1. The van der Waals surface area contributed by atoms with Gasteiger partial charge in [0.15, 0.2) is 0 Å². The number of carboxylic acid groups (broad SMARTS) is 1. The maximum atomic E-state index is 13.6. The Kier molecular flexibility index (Phi) is 4.75. The van der Waals surface area contributed by atoms with E-state index in [0.29, 0.717) is 17.1 Å². The van der Waals surface area contributed by atoms with E-state index in [0.717, 1.165) is 16.1 Å². The third-order valence-corrected chi connectivity index (χ3v) is 3.17. The first-order valence-corrected chi connectivity index (χ1v) is 6.89. The molecular weight excluding hydrogens is 339 g/mol.